The summed E-state index contributed by atoms with van der Waals surface area (Å²) in [5.41, 5.74) is 4.72. The molecule has 0 aliphatic heterocycles. The molecule has 1 amide bonds. The van der Waals surface area contributed by atoms with Gasteiger partial charge in [-0.25, -0.2) is 8.42 Å². The van der Waals surface area contributed by atoms with Gasteiger partial charge in [-0.1, -0.05) is 18.2 Å². The number of nitrogens with zero attached hydrogens (tertiary/aromatic N) is 1. The number of anilines is 1. The molecule has 3 aromatic rings. The van der Waals surface area contributed by atoms with Crippen molar-refractivity contribution >= 4 is 21.6 Å². The van der Waals surface area contributed by atoms with Gasteiger partial charge in [0.2, 0.25) is 0 Å². The Balaban J connectivity index is 1.52. The molecule has 4 rings (SSSR count). The second kappa shape index (κ2) is 8.28. The summed E-state index contributed by atoms with van der Waals surface area (Å²) in [6, 6.07) is 14.0. The first-order valence-corrected chi connectivity index (χ1v) is 11.3. The number of carbonyl (C=O) groups is 1. The lowest BCUT2D eigenvalue weighted by molar-refractivity contribution is 0.0951. The van der Waals surface area contributed by atoms with Crippen molar-refractivity contribution in [3.63, 3.8) is 0 Å². The van der Waals surface area contributed by atoms with Gasteiger partial charge in [0.15, 0.2) is 0 Å². The minimum atomic E-state index is -3.75. The largest absolute Gasteiger partial charge is 0.348 e. The van der Waals surface area contributed by atoms with E-state index >= 15 is 0 Å². The van der Waals surface area contributed by atoms with Crippen LogP contribution in [-0.2, 0) is 29.4 Å². The van der Waals surface area contributed by atoms with Gasteiger partial charge in [0.25, 0.3) is 15.9 Å². The molecule has 0 unspecified atom stereocenters. The molecule has 1 aliphatic rings. The van der Waals surface area contributed by atoms with Crippen molar-refractivity contribution in [3.05, 3.63) is 88.7 Å². The summed E-state index contributed by atoms with van der Waals surface area (Å²) in [5, 5.41) is 2.83. The molecule has 0 spiro atoms. The Bertz CT molecular complexity index is 1190. The molecule has 0 saturated carbocycles. The highest BCUT2D eigenvalue weighted by Gasteiger charge is 2.20. The monoisotopic (exact) mass is 421 g/mol. The number of hydrogen-bond acceptors (Lipinski definition) is 4. The van der Waals surface area contributed by atoms with E-state index in [0.717, 1.165) is 36.0 Å². The Morgan fingerprint density at radius 2 is 1.90 bits per heavy atom. The van der Waals surface area contributed by atoms with Gasteiger partial charge in [-0.05, 0) is 78.8 Å². The summed E-state index contributed by atoms with van der Waals surface area (Å²) in [7, 11) is -3.75. The fourth-order valence-corrected chi connectivity index (χ4v) is 4.75. The molecular formula is C23H23N3O3S. The number of nitrogens with one attached hydrogen (secondary N) is 2. The van der Waals surface area contributed by atoms with Crippen LogP contribution in [0.3, 0.4) is 0 Å². The summed E-state index contributed by atoms with van der Waals surface area (Å²) >= 11 is 0. The molecule has 0 saturated heterocycles. The molecule has 1 aromatic heterocycles. The third-order valence-electron chi connectivity index (χ3n) is 5.30. The molecular weight excluding hydrogens is 398 g/mol. The fraction of sp³-hybridized carbons (Fsp3) is 0.217. The molecule has 1 aliphatic carbocycles. The van der Waals surface area contributed by atoms with Crippen LogP contribution in [0.15, 0.2) is 65.8 Å². The van der Waals surface area contributed by atoms with E-state index in [0.29, 0.717) is 17.8 Å². The average molecular weight is 422 g/mol. The number of aromatic nitrogens is 1. The van der Waals surface area contributed by atoms with Gasteiger partial charge in [0.1, 0.15) is 0 Å². The highest BCUT2D eigenvalue weighted by Crippen LogP contribution is 2.27. The number of sulfonamides is 1. The number of fused-ring (bicyclic) bond motifs is 1. The van der Waals surface area contributed by atoms with E-state index < -0.39 is 10.0 Å². The maximum atomic E-state index is 12.9. The Morgan fingerprint density at radius 3 is 2.70 bits per heavy atom. The van der Waals surface area contributed by atoms with E-state index in [1.165, 1.54) is 5.56 Å². The molecule has 0 atom stereocenters. The van der Waals surface area contributed by atoms with E-state index in [1.807, 2.05) is 12.1 Å². The molecule has 0 fully saturated rings. The molecule has 154 valence electrons. The van der Waals surface area contributed by atoms with E-state index in [4.69, 9.17) is 0 Å². The van der Waals surface area contributed by atoms with E-state index in [9.17, 15) is 13.2 Å². The molecule has 2 aromatic carbocycles. The second-order valence-electron chi connectivity index (χ2n) is 7.46. The highest BCUT2D eigenvalue weighted by atomic mass is 32.2. The van der Waals surface area contributed by atoms with E-state index in [-0.39, 0.29) is 10.8 Å². The van der Waals surface area contributed by atoms with Crippen LogP contribution in [0, 0.1) is 6.92 Å². The lowest BCUT2D eigenvalue weighted by Crippen LogP contribution is -2.23. The van der Waals surface area contributed by atoms with E-state index in [1.54, 1.807) is 55.7 Å². The van der Waals surface area contributed by atoms with Crippen LogP contribution < -0.4 is 10.0 Å². The SMILES string of the molecule is Cc1ccc(C(=O)NCc2cccnc2)cc1NS(=O)(=O)c1ccc2c(c1)CCC2. The lowest BCUT2D eigenvalue weighted by atomic mass is 10.1. The lowest BCUT2D eigenvalue weighted by Gasteiger charge is -2.13. The number of aryl methyl sites for hydroxylation is 3. The summed E-state index contributed by atoms with van der Waals surface area (Å²) < 4.78 is 28.5. The normalized spacial score (nSPS) is 13.0. The quantitative estimate of drug-likeness (QED) is 0.636. The summed E-state index contributed by atoms with van der Waals surface area (Å²) in [4.78, 5) is 16.8. The zero-order chi connectivity index (χ0) is 21.1. The first-order valence-electron chi connectivity index (χ1n) is 9.85. The van der Waals surface area contributed by atoms with Crippen LogP contribution in [0.1, 0.15) is 39.0 Å². The van der Waals surface area contributed by atoms with Crippen molar-refractivity contribution in [2.75, 3.05) is 4.72 Å². The van der Waals surface area contributed by atoms with Crippen LogP contribution in [-0.4, -0.2) is 19.3 Å². The molecule has 7 heteroatoms. The van der Waals surface area contributed by atoms with Crippen LogP contribution in [0.25, 0.3) is 0 Å². The number of rotatable bonds is 6. The predicted octanol–water partition coefficient (Wildman–Crippen LogP) is 3.61. The molecule has 6 nitrogen and oxygen atoms in total. The van der Waals surface area contributed by atoms with Crippen molar-refractivity contribution in [3.8, 4) is 0 Å². The van der Waals surface area contributed by atoms with Gasteiger partial charge in [-0.15, -0.1) is 0 Å². The highest BCUT2D eigenvalue weighted by molar-refractivity contribution is 7.92. The summed E-state index contributed by atoms with van der Waals surface area (Å²) in [6.07, 6.45) is 6.32. The first kappa shape index (κ1) is 20.1. The predicted molar refractivity (Wildman–Crippen MR) is 116 cm³/mol. The van der Waals surface area contributed by atoms with Crippen LogP contribution in [0.2, 0.25) is 0 Å². The molecule has 0 radical (unpaired) electrons. The van der Waals surface area contributed by atoms with Crippen molar-refractivity contribution in [1.82, 2.24) is 10.3 Å². The topological polar surface area (TPSA) is 88.2 Å². The Hall–Kier alpha value is -3.19. The molecule has 2 N–H and O–H groups in total. The van der Waals surface area contributed by atoms with Gasteiger partial charge < -0.3 is 5.32 Å². The minimum absolute atomic E-state index is 0.244. The number of amides is 1. The van der Waals surface area contributed by atoms with Crippen LogP contribution in [0.4, 0.5) is 5.69 Å². The standard InChI is InChI=1S/C23H23N3O3S/c1-16-7-8-20(23(27)25-15-17-4-3-11-24-14-17)13-22(16)26-30(28,29)21-10-9-18-5-2-6-19(18)12-21/h3-4,7-14,26H,2,5-6,15H2,1H3,(H,25,27). The Morgan fingerprint density at radius 1 is 1.07 bits per heavy atom. The van der Waals surface area contributed by atoms with Crippen LogP contribution in [0.5, 0.6) is 0 Å². The molecule has 0 bridgehead atoms. The van der Waals surface area contributed by atoms with Crippen molar-refractivity contribution in [1.29, 1.82) is 0 Å². The zero-order valence-electron chi connectivity index (χ0n) is 16.7. The third kappa shape index (κ3) is 4.36. The van der Waals surface area contributed by atoms with Gasteiger partial charge in [0.05, 0.1) is 10.6 Å². The Labute approximate surface area is 176 Å². The number of benzene rings is 2. The first-order chi connectivity index (χ1) is 14.4. The molecule has 1 heterocycles. The molecule has 30 heavy (non-hydrogen) atoms. The number of hydrogen-bond donors (Lipinski definition) is 2. The summed E-state index contributed by atoms with van der Waals surface area (Å²) in [6.45, 7) is 2.15. The van der Waals surface area contributed by atoms with Gasteiger partial charge in [-0.2, -0.15) is 0 Å². The van der Waals surface area contributed by atoms with E-state index in [2.05, 4.69) is 15.0 Å². The Kier molecular flexibility index (Phi) is 5.55. The maximum Gasteiger partial charge on any atom is 0.261 e. The summed E-state index contributed by atoms with van der Waals surface area (Å²) in [5.74, 6) is -0.281. The average Bonchev–Trinajstić information content (AvgIpc) is 3.22. The zero-order valence-corrected chi connectivity index (χ0v) is 17.5. The van der Waals surface area contributed by atoms with Crippen molar-refractivity contribution in [2.24, 2.45) is 0 Å². The van der Waals surface area contributed by atoms with Crippen molar-refractivity contribution in [2.45, 2.75) is 37.6 Å². The number of carbonyl (C=O) groups excluding carboxylic acids is 1. The fourth-order valence-electron chi connectivity index (χ4n) is 3.58. The maximum absolute atomic E-state index is 12.9. The van der Waals surface area contributed by atoms with Gasteiger partial charge in [0, 0.05) is 24.5 Å². The smallest absolute Gasteiger partial charge is 0.261 e. The van der Waals surface area contributed by atoms with Gasteiger partial charge >= 0.3 is 0 Å². The van der Waals surface area contributed by atoms with Crippen LogP contribution >= 0.6 is 0 Å². The number of pyridine rings is 1. The minimum Gasteiger partial charge on any atom is -0.348 e. The third-order valence-corrected chi connectivity index (χ3v) is 6.66. The van der Waals surface area contributed by atoms with Gasteiger partial charge in [-0.3, -0.25) is 14.5 Å². The second-order valence-corrected chi connectivity index (χ2v) is 9.15. The van der Waals surface area contributed by atoms with Crippen molar-refractivity contribution < 1.29 is 13.2 Å².